The summed E-state index contributed by atoms with van der Waals surface area (Å²) in [6.45, 7) is 6.34. The van der Waals surface area contributed by atoms with Gasteiger partial charge in [-0.05, 0) is 31.2 Å². The Morgan fingerprint density at radius 2 is 1.24 bits per heavy atom. The van der Waals surface area contributed by atoms with E-state index in [1.807, 2.05) is 18.2 Å². The van der Waals surface area contributed by atoms with Crippen molar-refractivity contribution in [1.82, 2.24) is 0 Å². The van der Waals surface area contributed by atoms with E-state index < -0.39 is 0 Å². The fourth-order valence-corrected chi connectivity index (χ4v) is 1.33. The van der Waals surface area contributed by atoms with E-state index in [9.17, 15) is 0 Å². The first-order valence-corrected chi connectivity index (χ1v) is 6.15. The lowest BCUT2D eigenvalue weighted by molar-refractivity contribution is 1.09. The van der Waals surface area contributed by atoms with E-state index in [1.54, 1.807) is 0 Å². The number of hydrogen-bond donors (Lipinski definition) is 1. The third kappa shape index (κ3) is 5.21. The SMILES string of the molecule is CCC.Cc1ccc(Nc2ccccc2)cc1. The summed E-state index contributed by atoms with van der Waals surface area (Å²) in [6, 6.07) is 18.5. The van der Waals surface area contributed by atoms with Crippen LogP contribution in [0, 0.1) is 6.92 Å². The van der Waals surface area contributed by atoms with Gasteiger partial charge in [0.25, 0.3) is 0 Å². The lowest BCUT2D eigenvalue weighted by atomic mass is 10.2. The second kappa shape index (κ2) is 7.50. The molecule has 2 aromatic carbocycles. The van der Waals surface area contributed by atoms with Crippen LogP contribution in [0.25, 0.3) is 0 Å². The van der Waals surface area contributed by atoms with Gasteiger partial charge in [0.05, 0.1) is 0 Å². The molecule has 0 radical (unpaired) electrons. The van der Waals surface area contributed by atoms with Gasteiger partial charge in [-0.15, -0.1) is 0 Å². The molecule has 1 heteroatoms. The highest BCUT2D eigenvalue weighted by atomic mass is 14.9. The first-order valence-electron chi connectivity index (χ1n) is 6.15. The summed E-state index contributed by atoms with van der Waals surface area (Å²) in [6.07, 6.45) is 1.25. The Balaban J connectivity index is 0.000000437. The lowest BCUT2D eigenvalue weighted by Gasteiger charge is -2.05. The minimum atomic E-state index is 1.12. The number of rotatable bonds is 2. The van der Waals surface area contributed by atoms with Crippen LogP contribution in [0.1, 0.15) is 25.8 Å². The summed E-state index contributed by atoms with van der Waals surface area (Å²) in [5, 5.41) is 3.33. The zero-order valence-electron chi connectivity index (χ0n) is 10.9. The van der Waals surface area contributed by atoms with Gasteiger partial charge in [0, 0.05) is 11.4 Å². The van der Waals surface area contributed by atoms with Gasteiger partial charge >= 0.3 is 0 Å². The van der Waals surface area contributed by atoms with Crippen LogP contribution in [-0.4, -0.2) is 0 Å². The van der Waals surface area contributed by atoms with Crippen LogP contribution >= 0.6 is 0 Å². The van der Waals surface area contributed by atoms with Gasteiger partial charge in [-0.25, -0.2) is 0 Å². The average Bonchev–Trinajstić information content (AvgIpc) is 2.35. The van der Waals surface area contributed by atoms with Crippen molar-refractivity contribution >= 4 is 11.4 Å². The van der Waals surface area contributed by atoms with Crippen LogP contribution in [0.4, 0.5) is 11.4 Å². The standard InChI is InChI=1S/C13H13N.C3H8/c1-11-7-9-13(10-8-11)14-12-5-3-2-4-6-12;1-3-2/h2-10,14H,1H3;3H2,1-2H3. The van der Waals surface area contributed by atoms with Crippen LogP contribution in [-0.2, 0) is 0 Å². The van der Waals surface area contributed by atoms with Crippen molar-refractivity contribution in [1.29, 1.82) is 0 Å². The van der Waals surface area contributed by atoms with E-state index in [-0.39, 0.29) is 0 Å². The smallest absolute Gasteiger partial charge is 0.0384 e. The van der Waals surface area contributed by atoms with Gasteiger partial charge in [-0.2, -0.15) is 0 Å². The topological polar surface area (TPSA) is 12.0 Å². The molecule has 0 atom stereocenters. The van der Waals surface area contributed by atoms with Gasteiger partial charge in [-0.1, -0.05) is 56.2 Å². The highest BCUT2D eigenvalue weighted by Crippen LogP contribution is 2.15. The second-order valence-corrected chi connectivity index (χ2v) is 4.06. The lowest BCUT2D eigenvalue weighted by Crippen LogP contribution is -1.88. The van der Waals surface area contributed by atoms with Crippen molar-refractivity contribution in [3.05, 3.63) is 60.2 Å². The van der Waals surface area contributed by atoms with E-state index in [0.29, 0.717) is 0 Å². The average molecular weight is 227 g/mol. The largest absolute Gasteiger partial charge is 0.356 e. The highest BCUT2D eigenvalue weighted by molar-refractivity contribution is 5.59. The van der Waals surface area contributed by atoms with Gasteiger partial charge < -0.3 is 5.32 Å². The summed E-state index contributed by atoms with van der Waals surface area (Å²) < 4.78 is 0. The molecule has 0 fully saturated rings. The minimum Gasteiger partial charge on any atom is -0.356 e. The van der Waals surface area contributed by atoms with E-state index >= 15 is 0 Å². The number of anilines is 2. The van der Waals surface area contributed by atoms with Crippen molar-refractivity contribution in [2.24, 2.45) is 0 Å². The number of para-hydroxylation sites is 1. The van der Waals surface area contributed by atoms with E-state index in [0.717, 1.165) is 11.4 Å². The molecule has 0 unspecified atom stereocenters. The van der Waals surface area contributed by atoms with Crippen molar-refractivity contribution in [2.75, 3.05) is 5.32 Å². The summed E-state index contributed by atoms with van der Waals surface area (Å²) in [5.41, 5.74) is 3.53. The fourth-order valence-electron chi connectivity index (χ4n) is 1.33. The maximum atomic E-state index is 3.33. The Morgan fingerprint density at radius 3 is 1.76 bits per heavy atom. The van der Waals surface area contributed by atoms with Gasteiger partial charge in [0.2, 0.25) is 0 Å². The summed E-state index contributed by atoms with van der Waals surface area (Å²) >= 11 is 0. The molecule has 17 heavy (non-hydrogen) atoms. The van der Waals surface area contributed by atoms with Crippen molar-refractivity contribution in [3.8, 4) is 0 Å². The van der Waals surface area contributed by atoms with Gasteiger partial charge in [0.15, 0.2) is 0 Å². The molecule has 1 nitrogen and oxygen atoms in total. The zero-order valence-corrected chi connectivity index (χ0v) is 10.9. The maximum Gasteiger partial charge on any atom is 0.0384 e. The monoisotopic (exact) mass is 227 g/mol. The van der Waals surface area contributed by atoms with Crippen LogP contribution < -0.4 is 5.32 Å². The maximum absolute atomic E-state index is 3.33. The molecule has 0 saturated carbocycles. The van der Waals surface area contributed by atoms with Crippen molar-refractivity contribution in [2.45, 2.75) is 27.2 Å². The third-order valence-corrected chi connectivity index (χ3v) is 2.11. The fraction of sp³-hybridized carbons (Fsp3) is 0.250. The molecule has 0 heterocycles. The Bertz CT molecular complexity index is 403. The molecule has 0 aliphatic carbocycles. The molecule has 0 aromatic heterocycles. The number of nitrogens with one attached hydrogen (secondary N) is 1. The van der Waals surface area contributed by atoms with Crippen molar-refractivity contribution < 1.29 is 0 Å². The Labute approximate surface area is 105 Å². The molecule has 0 amide bonds. The van der Waals surface area contributed by atoms with E-state index in [4.69, 9.17) is 0 Å². The molecular weight excluding hydrogens is 206 g/mol. The number of hydrogen-bond acceptors (Lipinski definition) is 1. The number of aryl methyl sites for hydroxylation is 1. The quantitative estimate of drug-likeness (QED) is 0.747. The molecule has 0 spiro atoms. The first-order chi connectivity index (χ1) is 8.26. The predicted molar refractivity (Wildman–Crippen MR) is 76.9 cm³/mol. The Kier molecular flexibility index (Phi) is 5.87. The van der Waals surface area contributed by atoms with Crippen LogP contribution in [0.3, 0.4) is 0 Å². The molecule has 90 valence electrons. The Hall–Kier alpha value is -1.76. The van der Waals surface area contributed by atoms with E-state index in [2.05, 4.69) is 62.5 Å². The molecule has 0 saturated heterocycles. The molecule has 1 N–H and O–H groups in total. The van der Waals surface area contributed by atoms with Gasteiger partial charge in [0.1, 0.15) is 0 Å². The predicted octanol–water partition coefficient (Wildman–Crippen LogP) is 5.15. The third-order valence-electron chi connectivity index (χ3n) is 2.11. The molecular formula is C16H21N. The summed E-state index contributed by atoms with van der Waals surface area (Å²) in [5.74, 6) is 0. The second-order valence-electron chi connectivity index (χ2n) is 4.06. The Morgan fingerprint density at radius 1 is 0.765 bits per heavy atom. The van der Waals surface area contributed by atoms with Crippen LogP contribution in [0.15, 0.2) is 54.6 Å². The molecule has 0 aliphatic rings. The molecule has 2 rings (SSSR count). The summed E-state index contributed by atoms with van der Waals surface area (Å²) in [7, 11) is 0. The van der Waals surface area contributed by atoms with Crippen LogP contribution in [0.2, 0.25) is 0 Å². The first kappa shape index (κ1) is 13.3. The molecule has 0 aliphatic heterocycles. The molecule has 0 bridgehead atoms. The molecule has 2 aromatic rings. The normalized spacial score (nSPS) is 9.12. The van der Waals surface area contributed by atoms with Crippen molar-refractivity contribution in [3.63, 3.8) is 0 Å². The van der Waals surface area contributed by atoms with Crippen LogP contribution in [0.5, 0.6) is 0 Å². The number of benzene rings is 2. The van der Waals surface area contributed by atoms with Gasteiger partial charge in [-0.3, -0.25) is 0 Å². The zero-order chi connectivity index (χ0) is 12.5. The summed E-state index contributed by atoms with van der Waals surface area (Å²) in [4.78, 5) is 0. The van der Waals surface area contributed by atoms with E-state index in [1.165, 1.54) is 12.0 Å². The highest BCUT2D eigenvalue weighted by Gasteiger charge is 1.91. The minimum absolute atomic E-state index is 1.12.